The van der Waals surface area contributed by atoms with Crippen LogP contribution in [0, 0.1) is 0 Å². The number of para-hydroxylation sites is 1. The van der Waals surface area contributed by atoms with Gasteiger partial charge in [0.2, 0.25) is 12.2 Å². The number of carbonyl (C=O) groups is 1. The van der Waals surface area contributed by atoms with Gasteiger partial charge in [-0.25, -0.2) is 24.4 Å². The van der Waals surface area contributed by atoms with Gasteiger partial charge in [-0.05, 0) is 26.0 Å². The average Bonchev–Trinajstić information content (AvgIpc) is 3.42. The molecular formula is C21H24FN6O6P. The van der Waals surface area contributed by atoms with Gasteiger partial charge in [-0.1, -0.05) is 18.2 Å². The summed E-state index contributed by atoms with van der Waals surface area (Å²) in [5.41, 5.74) is 6.33. The highest BCUT2D eigenvalue weighted by molar-refractivity contribution is 7.57. The first-order chi connectivity index (χ1) is 16.8. The van der Waals surface area contributed by atoms with Crippen LogP contribution >= 0.6 is 7.52 Å². The van der Waals surface area contributed by atoms with Crippen LogP contribution in [-0.2, 0) is 23.6 Å². The van der Waals surface area contributed by atoms with Crippen molar-refractivity contribution in [2.45, 2.75) is 32.6 Å². The van der Waals surface area contributed by atoms with E-state index in [1.807, 2.05) is 0 Å². The molecule has 0 spiro atoms. The maximum atomic E-state index is 14.8. The first-order valence-corrected chi connectivity index (χ1v) is 12.5. The first kappa shape index (κ1) is 24.6. The number of hydrogen-bond donors (Lipinski definition) is 2. The lowest BCUT2D eigenvalue weighted by Crippen LogP contribution is -2.36. The largest absolute Gasteiger partial charge is 0.465 e. The van der Waals surface area contributed by atoms with Crippen LogP contribution in [0.4, 0.5) is 10.2 Å². The molecule has 0 unspecified atom stereocenters. The van der Waals surface area contributed by atoms with Crippen molar-refractivity contribution >= 4 is 36.4 Å². The van der Waals surface area contributed by atoms with Gasteiger partial charge in [-0.2, -0.15) is 0 Å². The summed E-state index contributed by atoms with van der Waals surface area (Å²) < 4.78 is 51.5. The minimum Gasteiger partial charge on any atom is -0.465 e. The summed E-state index contributed by atoms with van der Waals surface area (Å²) in [6.45, 7) is 3.31. The van der Waals surface area contributed by atoms with Crippen LogP contribution in [0.1, 0.15) is 20.3 Å². The molecule has 1 aliphatic heterocycles. The predicted molar refractivity (Wildman–Crippen MR) is 123 cm³/mol. The summed E-state index contributed by atoms with van der Waals surface area (Å²) in [5.74, 6) is -0.978. The number of nitrogens with zero attached hydrogens (tertiary/aromatic N) is 4. The fourth-order valence-corrected chi connectivity index (χ4v) is 4.98. The molecule has 3 atom stereocenters. The minimum absolute atomic E-state index is 0.140. The molecule has 2 aromatic heterocycles. The first-order valence-electron chi connectivity index (χ1n) is 10.7. The fraction of sp³-hybridized carbons (Fsp3) is 0.333. The van der Waals surface area contributed by atoms with E-state index in [0.29, 0.717) is 11.3 Å². The third-order valence-electron chi connectivity index (χ3n) is 4.86. The Kier molecular flexibility index (Phi) is 7.29. The van der Waals surface area contributed by atoms with Crippen LogP contribution in [0.2, 0.25) is 0 Å². The molecule has 35 heavy (non-hydrogen) atoms. The smallest absolute Gasteiger partial charge is 0.342 e. The van der Waals surface area contributed by atoms with Gasteiger partial charge in [-0.15, -0.1) is 0 Å². The SMILES string of the molecule is CCOC(=O)[C@H](C)N[P@](=O)(CO[C@@H]1CC(F)=C(n2cnc3c(N)ncnc32)O1)Oc1ccccc1. The fourth-order valence-electron chi connectivity index (χ4n) is 3.28. The molecule has 1 aliphatic rings. The van der Waals surface area contributed by atoms with E-state index in [2.05, 4.69) is 20.0 Å². The zero-order valence-corrected chi connectivity index (χ0v) is 19.9. The monoisotopic (exact) mass is 506 g/mol. The Hall–Kier alpha value is -3.54. The number of halogens is 1. The van der Waals surface area contributed by atoms with Crippen molar-refractivity contribution in [1.82, 2.24) is 24.6 Å². The van der Waals surface area contributed by atoms with Gasteiger partial charge in [0.1, 0.15) is 24.4 Å². The van der Waals surface area contributed by atoms with E-state index in [9.17, 15) is 13.8 Å². The van der Waals surface area contributed by atoms with Gasteiger partial charge < -0.3 is 24.5 Å². The summed E-state index contributed by atoms with van der Waals surface area (Å²) in [6.07, 6.45) is 0.642. The number of benzene rings is 1. The van der Waals surface area contributed by atoms with Gasteiger partial charge in [0.25, 0.3) is 0 Å². The molecule has 186 valence electrons. The molecule has 0 amide bonds. The molecule has 0 aliphatic carbocycles. The summed E-state index contributed by atoms with van der Waals surface area (Å²) in [7, 11) is -3.82. The molecule has 3 N–H and O–H groups in total. The highest BCUT2D eigenvalue weighted by atomic mass is 31.2. The molecule has 12 nitrogen and oxygen atoms in total. The van der Waals surface area contributed by atoms with Gasteiger partial charge >= 0.3 is 13.5 Å². The number of anilines is 1. The number of fused-ring (bicyclic) bond motifs is 1. The van der Waals surface area contributed by atoms with Crippen LogP contribution in [-0.4, -0.2) is 50.8 Å². The molecular weight excluding hydrogens is 482 g/mol. The normalized spacial score (nSPS) is 18.2. The van der Waals surface area contributed by atoms with Gasteiger partial charge in [0.05, 0.1) is 13.0 Å². The Bertz CT molecular complexity index is 1290. The lowest BCUT2D eigenvalue weighted by molar-refractivity contribution is -0.144. The van der Waals surface area contributed by atoms with E-state index in [4.69, 9.17) is 24.5 Å². The second-order valence-electron chi connectivity index (χ2n) is 7.48. The molecule has 3 heterocycles. The number of imidazole rings is 1. The molecule has 3 aromatic rings. The Balaban J connectivity index is 1.47. The molecule has 4 rings (SSSR count). The second-order valence-corrected chi connectivity index (χ2v) is 9.53. The number of esters is 1. The van der Waals surface area contributed by atoms with E-state index in [1.165, 1.54) is 24.1 Å². The van der Waals surface area contributed by atoms with Crippen molar-refractivity contribution in [2.24, 2.45) is 0 Å². The summed E-state index contributed by atoms with van der Waals surface area (Å²) in [5, 5.41) is 2.66. The topological polar surface area (TPSA) is 153 Å². The molecule has 0 saturated heterocycles. The van der Waals surface area contributed by atoms with Gasteiger partial charge in [0.15, 0.2) is 29.2 Å². The van der Waals surface area contributed by atoms with Crippen molar-refractivity contribution in [3.05, 3.63) is 48.8 Å². The van der Waals surface area contributed by atoms with Crippen molar-refractivity contribution in [2.75, 3.05) is 18.7 Å². The standard InChI is InChI=1S/C21H24FN6O6P/c1-3-31-21(29)13(2)27-35(30,34-14-7-5-4-6-8-14)12-32-16-9-15(22)20(33-16)28-11-26-17-18(23)24-10-25-19(17)28/h4-8,10-11,13,16H,3,9,12H2,1-2H3,(H,27,30)(H2,23,24,25)/t13-,16-,35-/m0/s1. The summed E-state index contributed by atoms with van der Waals surface area (Å²) in [4.78, 5) is 24.1. The van der Waals surface area contributed by atoms with Crippen LogP contribution in [0.15, 0.2) is 48.8 Å². The third kappa shape index (κ3) is 5.59. The quantitative estimate of drug-likeness (QED) is 0.308. The molecule has 14 heteroatoms. The number of nitrogens with one attached hydrogen (secondary N) is 1. The summed E-state index contributed by atoms with van der Waals surface area (Å²) >= 11 is 0. The average molecular weight is 506 g/mol. The van der Waals surface area contributed by atoms with Crippen LogP contribution in [0.5, 0.6) is 5.75 Å². The Morgan fingerprint density at radius 1 is 1.34 bits per heavy atom. The van der Waals surface area contributed by atoms with Crippen molar-refractivity contribution in [1.29, 1.82) is 0 Å². The number of nitrogens with two attached hydrogens (primary N) is 1. The van der Waals surface area contributed by atoms with Crippen LogP contribution in [0.25, 0.3) is 17.0 Å². The number of rotatable bonds is 10. The number of nitrogen functional groups attached to an aromatic ring is 1. The Morgan fingerprint density at radius 3 is 2.86 bits per heavy atom. The van der Waals surface area contributed by atoms with Crippen LogP contribution in [0.3, 0.4) is 0 Å². The maximum Gasteiger partial charge on any atom is 0.342 e. The van der Waals surface area contributed by atoms with Crippen molar-refractivity contribution < 1.29 is 32.5 Å². The number of hydrogen-bond acceptors (Lipinski definition) is 10. The van der Waals surface area contributed by atoms with E-state index >= 15 is 0 Å². The van der Waals surface area contributed by atoms with E-state index in [-0.39, 0.29) is 30.4 Å². The lowest BCUT2D eigenvalue weighted by atomic mass is 10.3. The summed E-state index contributed by atoms with van der Waals surface area (Å²) in [6, 6.07) is 7.42. The molecule has 0 fully saturated rings. The van der Waals surface area contributed by atoms with Crippen molar-refractivity contribution in [3.63, 3.8) is 0 Å². The van der Waals surface area contributed by atoms with E-state index in [0.717, 1.165) is 0 Å². The van der Waals surface area contributed by atoms with Gasteiger partial charge in [0, 0.05) is 0 Å². The molecule has 0 saturated carbocycles. The highest BCUT2D eigenvalue weighted by Gasteiger charge is 2.35. The van der Waals surface area contributed by atoms with Crippen LogP contribution < -0.4 is 15.3 Å². The number of ether oxygens (including phenoxy) is 3. The molecule has 1 aromatic carbocycles. The second kappa shape index (κ2) is 10.4. The minimum atomic E-state index is -3.82. The van der Waals surface area contributed by atoms with E-state index < -0.39 is 38.0 Å². The molecule has 0 bridgehead atoms. The Labute approximate surface area is 199 Å². The highest BCUT2D eigenvalue weighted by Crippen LogP contribution is 2.45. The van der Waals surface area contributed by atoms with Gasteiger partial charge in [-0.3, -0.25) is 13.9 Å². The lowest BCUT2D eigenvalue weighted by Gasteiger charge is -2.24. The third-order valence-corrected chi connectivity index (χ3v) is 6.63. The maximum absolute atomic E-state index is 14.8. The zero-order valence-electron chi connectivity index (χ0n) is 19.0. The molecule has 0 radical (unpaired) electrons. The number of aromatic nitrogens is 4. The Morgan fingerprint density at radius 2 is 2.11 bits per heavy atom. The van der Waals surface area contributed by atoms with E-state index in [1.54, 1.807) is 37.3 Å². The zero-order chi connectivity index (χ0) is 25.0. The van der Waals surface area contributed by atoms with Crippen molar-refractivity contribution in [3.8, 4) is 5.75 Å². The predicted octanol–water partition coefficient (Wildman–Crippen LogP) is 3.04. The number of carbonyl (C=O) groups excluding carboxylic acids is 1.